The third-order valence-electron chi connectivity index (χ3n) is 1.72. The molecular formula is C6H12ClN3OS. The molecule has 1 aliphatic rings. The van der Waals surface area contributed by atoms with Crippen LogP contribution in [0.3, 0.4) is 0 Å². The third kappa shape index (κ3) is 2.57. The van der Waals surface area contributed by atoms with Gasteiger partial charge in [-0.05, 0) is 0 Å². The van der Waals surface area contributed by atoms with Crippen molar-refractivity contribution in [1.29, 1.82) is 5.41 Å². The summed E-state index contributed by atoms with van der Waals surface area (Å²) in [5, 5.41) is 18.9. The van der Waals surface area contributed by atoms with Gasteiger partial charge < -0.3 is 10.1 Å². The number of hydrogen-bond donors (Lipinski definition) is 3. The van der Waals surface area contributed by atoms with Gasteiger partial charge in [-0.2, -0.15) is 12.6 Å². The molecule has 1 heterocycles. The Morgan fingerprint density at radius 3 is 2.83 bits per heavy atom. The molecule has 0 aromatic rings. The van der Waals surface area contributed by atoms with E-state index in [1.54, 1.807) is 0 Å². The largest absolute Gasteiger partial charge is 0.411 e. The molecular weight excluding hydrogens is 198 g/mol. The van der Waals surface area contributed by atoms with E-state index < -0.39 is 0 Å². The van der Waals surface area contributed by atoms with E-state index in [4.69, 9.17) is 10.6 Å². The zero-order chi connectivity index (χ0) is 8.27. The normalized spacial score (nSPS) is 19.4. The summed E-state index contributed by atoms with van der Waals surface area (Å²) in [6.45, 7) is 1.36. The summed E-state index contributed by atoms with van der Waals surface area (Å²) in [6, 6.07) is 0. The lowest BCUT2D eigenvalue weighted by molar-refractivity contribution is 0.317. The molecule has 0 aromatic heterocycles. The number of rotatable bonds is 1. The molecule has 2 N–H and O–H groups in total. The number of thiol groups is 1. The van der Waals surface area contributed by atoms with Crippen molar-refractivity contribution in [3.05, 3.63) is 0 Å². The van der Waals surface area contributed by atoms with Gasteiger partial charge in [0.2, 0.25) is 0 Å². The van der Waals surface area contributed by atoms with Crippen LogP contribution in [0, 0.1) is 5.41 Å². The number of hydrogen-bond acceptors (Lipinski definition) is 4. The summed E-state index contributed by atoms with van der Waals surface area (Å²) < 4.78 is 0. The predicted octanol–water partition coefficient (Wildman–Crippen LogP) is 0.851. The second kappa shape index (κ2) is 5.27. The van der Waals surface area contributed by atoms with Gasteiger partial charge in [0.1, 0.15) is 5.84 Å². The molecule has 12 heavy (non-hydrogen) atoms. The number of amidine groups is 1. The number of nitrogens with one attached hydrogen (secondary N) is 1. The van der Waals surface area contributed by atoms with Gasteiger partial charge in [0.05, 0.1) is 12.3 Å². The number of likely N-dealkylation sites (tertiary alicyclic amines) is 1. The average Bonchev–Trinajstić information content (AvgIpc) is 2.50. The minimum absolute atomic E-state index is 0. The van der Waals surface area contributed by atoms with Crippen LogP contribution in [0.1, 0.15) is 6.42 Å². The minimum Gasteiger partial charge on any atom is -0.411 e. The molecule has 6 heteroatoms. The second-order valence-corrected chi connectivity index (χ2v) is 2.76. The summed E-state index contributed by atoms with van der Waals surface area (Å²) in [5.74, 6) is 0.936. The van der Waals surface area contributed by atoms with E-state index in [0.29, 0.717) is 18.1 Å². The third-order valence-corrected chi connectivity index (χ3v) is 2.02. The monoisotopic (exact) mass is 209 g/mol. The predicted molar refractivity (Wildman–Crippen MR) is 54.2 cm³/mol. The SMILES string of the molecule is Cl.N=C(CS)N1CC/C(=N/O)C1. The quantitative estimate of drug-likeness (QED) is 0.197. The van der Waals surface area contributed by atoms with Crippen molar-refractivity contribution in [3.8, 4) is 0 Å². The van der Waals surface area contributed by atoms with Gasteiger partial charge in [0.25, 0.3) is 0 Å². The van der Waals surface area contributed by atoms with Crippen molar-refractivity contribution in [2.45, 2.75) is 6.42 Å². The van der Waals surface area contributed by atoms with Crippen LogP contribution in [0.15, 0.2) is 5.16 Å². The molecule has 0 saturated carbocycles. The maximum Gasteiger partial charge on any atom is 0.106 e. The Morgan fingerprint density at radius 2 is 2.42 bits per heavy atom. The fraction of sp³-hybridized carbons (Fsp3) is 0.667. The Hall–Kier alpha value is -0.420. The number of halogens is 1. The van der Waals surface area contributed by atoms with Crippen LogP contribution in [0.4, 0.5) is 0 Å². The zero-order valence-electron chi connectivity index (χ0n) is 6.53. The fourth-order valence-electron chi connectivity index (χ4n) is 1.05. The molecule has 1 fully saturated rings. The summed E-state index contributed by atoms with van der Waals surface area (Å²) in [5.41, 5.74) is 0.747. The number of oxime groups is 1. The Balaban J connectivity index is 0.00000121. The molecule has 0 unspecified atom stereocenters. The van der Waals surface area contributed by atoms with Crippen LogP contribution in [0.2, 0.25) is 0 Å². The first kappa shape index (κ1) is 11.6. The topological polar surface area (TPSA) is 59.7 Å². The van der Waals surface area contributed by atoms with Gasteiger partial charge in [0.15, 0.2) is 0 Å². The molecule has 1 rings (SSSR count). The minimum atomic E-state index is 0. The molecule has 0 atom stereocenters. The van der Waals surface area contributed by atoms with E-state index >= 15 is 0 Å². The van der Waals surface area contributed by atoms with Crippen LogP contribution < -0.4 is 0 Å². The highest BCUT2D eigenvalue weighted by Gasteiger charge is 2.19. The van der Waals surface area contributed by atoms with Crippen LogP contribution in [-0.4, -0.2) is 40.5 Å². The standard InChI is InChI=1S/C6H11N3OS.ClH/c7-6(4-11)9-2-1-5(3-9)8-10;/h7,10-11H,1-4H2;1H/b7-6?,8-5-;. The van der Waals surface area contributed by atoms with Gasteiger partial charge in [-0.15, -0.1) is 12.4 Å². The van der Waals surface area contributed by atoms with Gasteiger partial charge in [-0.3, -0.25) is 5.41 Å². The van der Waals surface area contributed by atoms with Gasteiger partial charge in [-0.1, -0.05) is 5.16 Å². The Morgan fingerprint density at radius 1 is 1.75 bits per heavy atom. The fourth-order valence-corrected chi connectivity index (χ4v) is 1.25. The lowest BCUT2D eigenvalue weighted by Gasteiger charge is -2.15. The van der Waals surface area contributed by atoms with Gasteiger partial charge >= 0.3 is 0 Å². The van der Waals surface area contributed by atoms with Crippen LogP contribution in [0.5, 0.6) is 0 Å². The Bertz CT molecular complexity index is 197. The van der Waals surface area contributed by atoms with Crippen molar-refractivity contribution in [3.63, 3.8) is 0 Å². The van der Waals surface area contributed by atoms with E-state index in [2.05, 4.69) is 17.8 Å². The molecule has 0 aromatic carbocycles. The van der Waals surface area contributed by atoms with E-state index in [0.717, 1.165) is 18.7 Å². The lowest BCUT2D eigenvalue weighted by Crippen LogP contribution is -2.29. The smallest absolute Gasteiger partial charge is 0.106 e. The maximum atomic E-state index is 8.41. The van der Waals surface area contributed by atoms with E-state index in [1.165, 1.54) is 0 Å². The molecule has 0 amide bonds. The van der Waals surface area contributed by atoms with Crippen LogP contribution >= 0.6 is 25.0 Å². The van der Waals surface area contributed by atoms with Crippen molar-refractivity contribution >= 4 is 36.6 Å². The zero-order valence-corrected chi connectivity index (χ0v) is 8.24. The van der Waals surface area contributed by atoms with E-state index in [9.17, 15) is 0 Å². The summed E-state index contributed by atoms with van der Waals surface area (Å²) >= 11 is 3.98. The molecule has 0 aliphatic carbocycles. The lowest BCUT2D eigenvalue weighted by atomic mass is 10.3. The highest BCUT2D eigenvalue weighted by atomic mass is 35.5. The molecule has 0 radical (unpaired) electrons. The van der Waals surface area contributed by atoms with E-state index in [-0.39, 0.29) is 12.4 Å². The second-order valence-electron chi connectivity index (χ2n) is 2.44. The average molecular weight is 210 g/mol. The Labute approximate surface area is 83.0 Å². The molecule has 0 bridgehead atoms. The number of nitrogens with zero attached hydrogens (tertiary/aromatic N) is 2. The maximum absolute atomic E-state index is 8.41. The summed E-state index contributed by atoms with van der Waals surface area (Å²) in [4.78, 5) is 1.85. The molecule has 70 valence electrons. The summed E-state index contributed by atoms with van der Waals surface area (Å²) in [7, 11) is 0. The first-order valence-electron chi connectivity index (χ1n) is 3.41. The van der Waals surface area contributed by atoms with Crippen molar-refractivity contribution in [1.82, 2.24) is 4.90 Å². The van der Waals surface area contributed by atoms with Crippen molar-refractivity contribution in [2.24, 2.45) is 5.16 Å². The molecule has 1 aliphatic heterocycles. The van der Waals surface area contributed by atoms with Gasteiger partial charge in [0, 0.05) is 18.7 Å². The highest BCUT2D eigenvalue weighted by molar-refractivity contribution is 7.81. The van der Waals surface area contributed by atoms with Gasteiger partial charge in [-0.25, -0.2) is 0 Å². The van der Waals surface area contributed by atoms with Crippen molar-refractivity contribution < 1.29 is 5.21 Å². The van der Waals surface area contributed by atoms with Crippen LogP contribution in [0.25, 0.3) is 0 Å². The summed E-state index contributed by atoms with van der Waals surface area (Å²) in [6.07, 6.45) is 0.757. The molecule has 4 nitrogen and oxygen atoms in total. The Kier molecular flexibility index (Phi) is 5.08. The highest BCUT2D eigenvalue weighted by Crippen LogP contribution is 2.06. The van der Waals surface area contributed by atoms with Crippen LogP contribution in [-0.2, 0) is 0 Å². The molecule has 0 spiro atoms. The first-order valence-corrected chi connectivity index (χ1v) is 4.04. The first-order chi connectivity index (χ1) is 5.27. The van der Waals surface area contributed by atoms with E-state index in [1.807, 2.05) is 4.90 Å². The molecule has 1 saturated heterocycles. The van der Waals surface area contributed by atoms with Crippen molar-refractivity contribution in [2.75, 3.05) is 18.8 Å².